The van der Waals surface area contributed by atoms with Gasteiger partial charge in [0.1, 0.15) is 11.6 Å². The van der Waals surface area contributed by atoms with Crippen LogP contribution in [0.1, 0.15) is 16.9 Å². The van der Waals surface area contributed by atoms with Crippen LogP contribution in [0.5, 0.6) is 0 Å². The monoisotopic (exact) mass is 277 g/mol. The van der Waals surface area contributed by atoms with E-state index in [1.54, 1.807) is 11.2 Å². The van der Waals surface area contributed by atoms with Crippen molar-refractivity contribution in [2.24, 2.45) is 0 Å². The van der Waals surface area contributed by atoms with Crippen LogP contribution in [0.2, 0.25) is 0 Å². The molecule has 19 heavy (non-hydrogen) atoms. The fourth-order valence-corrected chi connectivity index (χ4v) is 2.11. The molecule has 0 unspecified atom stereocenters. The summed E-state index contributed by atoms with van der Waals surface area (Å²) < 4.78 is 5.28. The van der Waals surface area contributed by atoms with E-state index in [0.29, 0.717) is 13.1 Å². The Kier molecular flexibility index (Phi) is 4.63. The highest BCUT2D eigenvalue weighted by atomic mass is 35.5. The summed E-state index contributed by atoms with van der Waals surface area (Å²) in [6.45, 7) is 3.00. The Labute approximate surface area is 117 Å². The molecule has 2 rings (SSSR count). The normalized spacial score (nSPS) is 10.4. The van der Waals surface area contributed by atoms with Gasteiger partial charge in [0, 0.05) is 6.54 Å². The minimum atomic E-state index is -0.0976. The van der Waals surface area contributed by atoms with Gasteiger partial charge in [0.2, 0.25) is 5.91 Å². The van der Waals surface area contributed by atoms with Crippen LogP contribution in [0.4, 0.5) is 0 Å². The van der Waals surface area contributed by atoms with Crippen molar-refractivity contribution in [1.29, 1.82) is 0 Å². The summed E-state index contributed by atoms with van der Waals surface area (Å²) in [7, 11) is 0. The number of halogens is 1. The first-order valence-corrected chi connectivity index (χ1v) is 6.64. The molecule has 0 radical (unpaired) electrons. The summed E-state index contributed by atoms with van der Waals surface area (Å²) >= 11 is 5.66. The third-order valence-corrected chi connectivity index (χ3v) is 3.08. The number of hydrogen-bond donors (Lipinski definition) is 0. The van der Waals surface area contributed by atoms with Crippen molar-refractivity contribution in [3.63, 3.8) is 0 Å². The first-order chi connectivity index (χ1) is 9.19. The first-order valence-electron chi connectivity index (χ1n) is 6.10. The zero-order chi connectivity index (χ0) is 13.7. The minimum Gasteiger partial charge on any atom is -0.467 e. The Hall–Kier alpha value is -1.74. The molecule has 0 spiro atoms. The molecule has 100 valence electrons. The zero-order valence-corrected chi connectivity index (χ0v) is 11.6. The lowest BCUT2D eigenvalue weighted by Crippen LogP contribution is -2.30. The number of carbonyl (C=O) groups excluding carboxylic acids is 1. The van der Waals surface area contributed by atoms with Crippen LogP contribution >= 0.6 is 11.6 Å². The fourth-order valence-electron chi connectivity index (χ4n) is 1.94. The summed E-state index contributed by atoms with van der Waals surface area (Å²) in [6.07, 6.45) is 1.60. The zero-order valence-electron chi connectivity index (χ0n) is 10.8. The second-order valence-electron chi connectivity index (χ2n) is 4.45. The Morgan fingerprint density at radius 2 is 2.11 bits per heavy atom. The van der Waals surface area contributed by atoms with E-state index in [0.717, 1.165) is 11.3 Å². The molecular formula is C15H16ClNO2. The Bertz CT molecular complexity index is 537. The summed E-state index contributed by atoms with van der Waals surface area (Å²) in [4.78, 5) is 13.6. The van der Waals surface area contributed by atoms with E-state index in [4.69, 9.17) is 16.0 Å². The van der Waals surface area contributed by atoms with Crippen molar-refractivity contribution in [2.75, 3.05) is 5.88 Å². The standard InChI is InChI=1S/C15H16ClNO2/c1-12-4-2-5-13(8-12)10-17(15(18)9-16)11-14-6-3-7-19-14/h2-8H,9-11H2,1H3. The van der Waals surface area contributed by atoms with Crippen molar-refractivity contribution in [3.8, 4) is 0 Å². The summed E-state index contributed by atoms with van der Waals surface area (Å²) in [6, 6.07) is 11.8. The number of alkyl halides is 1. The van der Waals surface area contributed by atoms with Gasteiger partial charge in [-0.1, -0.05) is 29.8 Å². The Morgan fingerprint density at radius 1 is 1.26 bits per heavy atom. The molecule has 0 aliphatic rings. The predicted octanol–water partition coefficient (Wildman–Crippen LogP) is 3.36. The van der Waals surface area contributed by atoms with Gasteiger partial charge >= 0.3 is 0 Å². The predicted molar refractivity (Wildman–Crippen MR) is 74.9 cm³/mol. The molecule has 1 amide bonds. The number of carbonyl (C=O) groups is 1. The number of aryl methyl sites for hydroxylation is 1. The lowest BCUT2D eigenvalue weighted by atomic mass is 10.1. The van der Waals surface area contributed by atoms with Crippen LogP contribution in [0.15, 0.2) is 47.1 Å². The molecule has 0 aliphatic carbocycles. The molecular weight excluding hydrogens is 262 g/mol. The topological polar surface area (TPSA) is 33.5 Å². The molecule has 1 aromatic carbocycles. The molecule has 2 aromatic rings. The Balaban J connectivity index is 2.12. The molecule has 0 atom stereocenters. The highest BCUT2D eigenvalue weighted by Gasteiger charge is 2.14. The largest absolute Gasteiger partial charge is 0.467 e. The lowest BCUT2D eigenvalue weighted by Gasteiger charge is -2.21. The van der Waals surface area contributed by atoms with Gasteiger partial charge in [-0.25, -0.2) is 0 Å². The third kappa shape index (κ3) is 3.86. The van der Waals surface area contributed by atoms with Gasteiger partial charge < -0.3 is 9.32 Å². The van der Waals surface area contributed by atoms with Crippen molar-refractivity contribution in [1.82, 2.24) is 4.90 Å². The summed E-state index contributed by atoms with van der Waals surface area (Å²) in [5, 5.41) is 0. The minimum absolute atomic E-state index is 0.0213. The number of nitrogens with zero attached hydrogens (tertiary/aromatic N) is 1. The van der Waals surface area contributed by atoms with Crippen LogP contribution < -0.4 is 0 Å². The molecule has 4 heteroatoms. The van der Waals surface area contributed by atoms with E-state index < -0.39 is 0 Å². The van der Waals surface area contributed by atoms with Gasteiger partial charge in [0.15, 0.2) is 0 Å². The van der Waals surface area contributed by atoms with Gasteiger partial charge in [-0.3, -0.25) is 4.79 Å². The van der Waals surface area contributed by atoms with Gasteiger partial charge in [-0.15, -0.1) is 11.6 Å². The second kappa shape index (κ2) is 6.43. The second-order valence-corrected chi connectivity index (χ2v) is 4.72. The molecule has 0 aliphatic heterocycles. The van der Waals surface area contributed by atoms with Gasteiger partial charge in [-0.2, -0.15) is 0 Å². The molecule has 0 N–H and O–H groups in total. The van der Waals surface area contributed by atoms with Gasteiger partial charge in [0.25, 0.3) is 0 Å². The fraction of sp³-hybridized carbons (Fsp3) is 0.267. The molecule has 0 bridgehead atoms. The summed E-state index contributed by atoms with van der Waals surface area (Å²) in [5.41, 5.74) is 2.26. The third-order valence-electron chi connectivity index (χ3n) is 2.85. The van der Waals surface area contributed by atoms with Crippen LogP contribution in [-0.4, -0.2) is 16.7 Å². The maximum Gasteiger partial charge on any atom is 0.238 e. The molecule has 0 saturated carbocycles. The Morgan fingerprint density at radius 3 is 2.74 bits per heavy atom. The van der Waals surface area contributed by atoms with E-state index in [9.17, 15) is 4.79 Å². The van der Waals surface area contributed by atoms with E-state index in [1.165, 1.54) is 5.56 Å². The van der Waals surface area contributed by atoms with E-state index in [1.807, 2.05) is 37.3 Å². The molecule has 1 heterocycles. The SMILES string of the molecule is Cc1cccc(CN(Cc2ccco2)C(=O)CCl)c1. The highest BCUT2D eigenvalue weighted by molar-refractivity contribution is 6.27. The average Bonchev–Trinajstić information content (AvgIpc) is 2.90. The lowest BCUT2D eigenvalue weighted by molar-refractivity contribution is -0.130. The molecule has 3 nitrogen and oxygen atoms in total. The van der Waals surface area contributed by atoms with Crippen LogP contribution in [-0.2, 0) is 17.9 Å². The van der Waals surface area contributed by atoms with Crippen molar-refractivity contribution < 1.29 is 9.21 Å². The van der Waals surface area contributed by atoms with E-state index in [2.05, 4.69) is 6.07 Å². The number of benzene rings is 1. The molecule has 0 saturated heterocycles. The first kappa shape index (κ1) is 13.7. The average molecular weight is 278 g/mol. The number of hydrogen-bond acceptors (Lipinski definition) is 2. The van der Waals surface area contributed by atoms with Gasteiger partial charge in [-0.05, 0) is 24.6 Å². The number of furan rings is 1. The highest BCUT2D eigenvalue weighted by Crippen LogP contribution is 2.12. The molecule has 0 fully saturated rings. The van der Waals surface area contributed by atoms with Crippen LogP contribution in [0.25, 0.3) is 0 Å². The van der Waals surface area contributed by atoms with E-state index >= 15 is 0 Å². The van der Waals surface area contributed by atoms with Gasteiger partial charge in [0.05, 0.1) is 12.8 Å². The van der Waals surface area contributed by atoms with Crippen molar-refractivity contribution in [3.05, 3.63) is 59.5 Å². The van der Waals surface area contributed by atoms with Crippen LogP contribution in [0, 0.1) is 6.92 Å². The number of amides is 1. The molecule has 1 aromatic heterocycles. The smallest absolute Gasteiger partial charge is 0.238 e. The summed E-state index contributed by atoms with van der Waals surface area (Å²) in [5.74, 6) is 0.637. The van der Waals surface area contributed by atoms with Crippen molar-refractivity contribution in [2.45, 2.75) is 20.0 Å². The van der Waals surface area contributed by atoms with E-state index in [-0.39, 0.29) is 11.8 Å². The maximum absolute atomic E-state index is 11.9. The quantitative estimate of drug-likeness (QED) is 0.785. The maximum atomic E-state index is 11.9. The van der Waals surface area contributed by atoms with Crippen LogP contribution in [0.3, 0.4) is 0 Å². The van der Waals surface area contributed by atoms with Crippen molar-refractivity contribution >= 4 is 17.5 Å². The number of rotatable bonds is 5.